The third kappa shape index (κ3) is 3.29. The molecule has 1 N–H and O–H groups in total. The van der Waals surface area contributed by atoms with Crippen LogP contribution in [0.4, 0.5) is 14.5 Å². The van der Waals surface area contributed by atoms with Crippen LogP contribution in [0.15, 0.2) is 53.0 Å². The molecule has 0 unspecified atom stereocenters. The summed E-state index contributed by atoms with van der Waals surface area (Å²) in [7, 11) is 0. The molecule has 40 heavy (non-hydrogen) atoms. The van der Waals surface area contributed by atoms with Gasteiger partial charge in [0.15, 0.2) is 0 Å². The van der Waals surface area contributed by atoms with Crippen LogP contribution in [0.25, 0.3) is 10.9 Å². The predicted octanol–water partition coefficient (Wildman–Crippen LogP) is 7.04. The van der Waals surface area contributed by atoms with Crippen molar-refractivity contribution in [1.82, 2.24) is 14.7 Å². The van der Waals surface area contributed by atoms with Crippen LogP contribution < -0.4 is 10.1 Å². The molecule has 3 aromatic carbocycles. The fourth-order valence-electron chi connectivity index (χ4n) is 7.09. The summed E-state index contributed by atoms with van der Waals surface area (Å²) in [6.45, 7) is 0.888. The van der Waals surface area contributed by atoms with Crippen molar-refractivity contribution >= 4 is 61.6 Å². The van der Waals surface area contributed by atoms with Crippen LogP contribution >= 0.6 is 39.1 Å². The molecule has 8 rings (SSSR count). The summed E-state index contributed by atoms with van der Waals surface area (Å²) in [5, 5.41) is 8.96. The minimum Gasteiger partial charge on any atom is -0.476 e. The maximum absolute atomic E-state index is 16.1. The van der Waals surface area contributed by atoms with E-state index in [0.717, 1.165) is 18.4 Å². The molecule has 6 nitrogen and oxygen atoms in total. The number of hydrogen-bond acceptors (Lipinski definition) is 4. The van der Waals surface area contributed by atoms with Gasteiger partial charge in [0.25, 0.3) is 0 Å². The first kappa shape index (κ1) is 25.0. The van der Waals surface area contributed by atoms with Crippen molar-refractivity contribution in [3.05, 3.63) is 85.8 Å². The quantitative estimate of drug-likeness (QED) is 0.260. The van der Waals surface area contributed by atoms with Crippen molar-refractivity contribution in [3.8, 4) is 5.88 Å². The van der Waals surface area contributed by atoms with Crippen LogP contribution in [-0.4, -0.2) is 39.8 Å². The Kier molecular flexibility index (Phi) is 5.41. The van der Waals surface area contributed by atoms with Crippen molar-refractivity contribution in [2.24, 2.45) is 5.92 Å². The lowest BCUT2D eigenvalue weighted by atomic mass is 9.73. The predicted molar refractivity (Wildman–Crippen MR) is 151 cm³/mol. The van der Waals surface area contributed by atoms with E-state index in [2.05, 4.69) is 26.1 Å². The Morgan fingerprint density at radius 1 is 1.15 bits per heavy atom. The standard InChI is InChI=1S/C29H21BrCl2F2N4O2/c30-18-9-16-21(10-20(18)33)36-38-26-23(12-40-27(16)38)37(11-13-4-5-13)29(24(26)15-2-1-3-19(32)25(15)34)17-7-6-14(31)8-22(17)35-28(29)39/h1-3,6-10,13,23-24,26H,4-5,11-12H2,(H,35,39)/t23-,24-,26+,29+/m0/s1. The summed E-state index contributed by atoms with van der Waals surface area (Å²) in [5.74, 6) is -1.14. The zero-order valence-electron chi connectivity index (χ0n) is 20.8. The zero-order chi connectivity index (χ0) is 27.5. The molecule has 1 spiro atoms. The summed E-state index contributed by atoms with van der Waals surface area (Å²) in [6.07, 6.45) is 2.11. The molecule has 4 heterocycles. The van der Waals surface area contributed by atoms with E-state index in [1.54, 1.807) is 35.0 Å². The summed E-state index contributed by atoms with van der Waals surface area (Å²) in [4.78, 5) is 16.6. The van der Waals surface area contributed by atoms with Crippen LogP contribution in [0.3, 0.4) is 0 Å². The van der Waals surface area contributed by atoms with Crippen LogP contribution in [0.1, 0.15) is 35.9 Å². The Balaban J connectivity index is 1.45. The number of rotatable bonds is 3. The van der Waals surface area contributed by atoms with E-state index < -0.39 is 29.1 Å². The largest absolute Gasteiger partial charge is 0.476 e. The lowest BCUT2D eigenvalue weighted by Gasteiger charge is -2.39. The van der Waals surface area contributed by atoms with Gasteiger partial charge in [0.2, 0.25) is 11.8 Å². The van der Waals surface area contributed by atoms with Crippen LogP contribution in [0, 0.1) is 17.6 Å². The van der Waals surface area contributed by atoms with E-state index in [1.165, 1.54) is 12.1 Å². The summed E-state index contributed by atoms with van der Waals surface area (Å²) >= 11 is 16.0. The number of carbonyl (C=O) groups is 1. The number of hydrogen-bond donors (Lipinski definition) is 1. The number of nitrogens with zero attached hydrogens (tertiary/aromatic N) is 3. The molecule has 1 aromatic heterocycles. The van der Waals surface area contributed by atoms with Gasteiger partial charge in [0.1, 0.15) is 23.8 Å². The van der Waals surface area contributed by atoms with Gasteiger partial charge in [-0.25, -0.2) is 13.5 Å². The zero-order valence-corrected chi connectivity index (χ0v) is 23.9. The molecule has 1 aliphatic carbocycles. The topological polar surface area (TPSA) is 59.4 Å². The third-order valence-electron chi connectivity index (χ3n) is 8.86. The van der Waals surface area contributed by atoms with E-state index in [4.69, 9.17) is 33.0 Å². The molecule has 11 heteroatoms. The Hall–Kier alpha value is -2.72. The fourth-order valence-corrected chi connectivity index (χ4v) is 7.78. The summed E-state index contributed by atoms with van der Waals surface area (Å²) in [5.41, 5.74) is 0.784. The van der Waals surface area contributed by atoms with E-state index >= 15 is 4.39 Å². The molecule has 0 bridgehead atoms. The minimum absolute atomic E-state index is 0.0245. The molecule has 0 radical (unpaired) electrons. The number of ether oxygens (including phenoxy) is 1. The van der Waals surface area contributed by atoms with Gasteiger partial charge in [0, 0.05) is 34.8 Å². The van der Waals surface area contributed by atoms with Gasteiger partial charge >= 0.3 is 0 Å². The molecule has 4 aliphatic rings. The highest BCUT2D eigenvalue weighted by molar-refractivity contribution is 9.10. The number of halogens is 5. The first-order valence-corrected chi connectivity index (χ1v) is 14.7. The van der Waals surface area contributed by atoms with E-state index in [1.807, 2.05) is 6.07 Å². The first-order chi connectivity index (χ1) is 19.3. The molecule has 1 saturated heterocycles. The molecule has 1 saturated carbocycles. The molecular formula is C29H21BrCl2F2N4O2. The summed E-state index contributed by atoms with van der Waals surface area (Å²) in [6, 6.07) is 12.4. The smallest absolute Gasteiger partial charge is 0.250 e. The number of aromatic nitrogens is 2. The van der Waals surface area contributed by atoms with Crippen molar-refractivity contribution in [1.29, 1.82) is 0 Å². The number of anilines is 1. The van der Waals surface area contributed by atoms with E-state index in [0.29, 0.717) is 45.5 Å². The molecule has 2 fully saturated rings. The average molecular weight is 646 g/mol. The lowest BCUT2D eigenvalue weighted by molar-refractivity contribution is -0.128. The van der Waals surface area contributed by atoms with Crippen LogP contribution in [-0.2, 0) is 10.3 Å². The van der Waals surface area contributed by atoms with Crippen molar-refractivity contribution < 1.29 is 18.3 Å². The Morgan fingerprint density at radius 3 is 2.77 bits per heavy atom. The van der Waals surface area contributed by atoms with Crippen molar-refractivity contribution in [2.45, 2.75) is 36.4 Å². The Labute approximate surface area is 246 Å². The number of likely N-dealkylation sites (tertiary alicyclic amines) is 1. The number of fused-ring (bicyclic) bond motifs is 7. The van der Waals surface area contributed by atoms with Crippen LogP contribution in [0.2, 0.25) is 10.0 Å². The Bertz CT molecular complexity index is 1760. The van der Waals surface area contributed by atoms with Gasteiger partial charge < -0.3 is 10.1 Å². The SMILES string of the molecule is O=C1Nc2cc(Cl)ccc2[C@@]12[C@@H](c1cccc(Cl)c1F)[C@H]1[C@H](COc3c4cc(Br)c(F)cc4nn31)N2CC1CC1. The molecule has 4 atom stereocenters. The average Bonchev–Trinajstić information content (AvgIpc) is 3.53. The highest BCUT2D eigenvalue weighted by Gasteiger charge is 2.69. The fraction of sp³-hybridized carbons (Fsp3) is 0.310. The lowest BCUT2D eigenvalue weighted by Crippen LogP contribution is -2.54. The monoisotopic (exact) mass is 644 g/mol. The van der Waals surface area contributed by atoms with Gasteiger partial charge in [-0.05, 0) is 64.5 Å². The summed E-state index contributed by atoms with van der Waals surface area (Å²) < 4.78 is 39.0. The second-order valence-electron chi connectivity index (χ2n) is 11.0. The normalized spacial score (nSPS) is 27.0. The highest BCUT2D eigenvalue weighted by Crippen LogP contribution is 2.63. The van der Waals surface area contributed by atoms with E-state index in [9.17, 15) is 9.18 Å². The van der Waals surface area contributed by atoms with Crippen molar-refractivity contribution in [2.75, 3.05) is 18.5 Å². The second-order valence-corrected chi connectivity index (χ2v) is 12.7. The molecule has 4 aromatic rings. The third-order valence-corrected chi connectivity index (χ3v) is 9.99. The maximum Gasteiger partial charge on any atom is 0.250 e. The number of benzene rings is 3. The molecular weight excluding hydrogens is 625 g/mol. The van der Waals surface area contributed by atoms with E-state index in [-0.39, 0.29) is 28.1 Å². The maximum atomic E-state index is 16.1. The molecule has 1 amide bonds. The first-order valence-electron chi connectivity index (χ1n) is 13.1. The van der Waals surface area contributed by atoms with Gasteiger partial charge in [-0.3, -0.25) is 9.69 Å². The van der Waals surface area contributed by atoms with Crippen molar-refractivity contribution in [3.63, 3.8) is 0 Å². The molecule has 3 aliphatic heterocycles. The number of amides is 1. The number of carbonyl (C=O) groups excluding carboxylic acids is 1. The minimum atomic E-state index is -1.28. The van der Waals surface area contributed by atoms with Crippen LogP contribution in [0.5, 0.6) is 5.88 Å². The van der Waals surface area contributed by atoms with Gasteiger partial charge in [0.05, 0.1) is 32.5 Å². The van der Waals surface area contributed by atoms with Gasteiger partial charge in [-0.1, -0.05) is 41.4 Å². The Morgan fingerprint density at radius 2 is 1.98 bits per heavy atom. The molecule has 204 valence electrons. The second kappa shape index (κ2) is 8.64. The van der Waals surface area contributed by atoms with Gasteiger partial charge in [-0.15, -0.1) is 0 Å². The van der Waals surface area contributed by atoms with Gasteiger partial charge in [-0.2, -0.15) is 5.10 Å². The highest BCUT2D eigenvalue weighted by atomic mass is 79.9. The number of nitrogens with one attached hydrogen (secondary N) is 1.